The number of phenols is 1. The largest absolute Gasteiger partial charge is 0.508 e. The Kier molecular flexibility index (Phi) is 2.68. The number of hydrogen-bond acceptors (Lipinski definition) is 2. The minimum absolute atomic E-state index is 0.0467. The number of rotatable bonds is 2. The molecule has 0 amide bonds. The summed E-state index contributed by atoms with van der Waals surface area (Å²) in [6.45, 7) is 1.84. The summed E-state index contributed by atoms with van der Waals surface area (Å²) in [5.74, 6) is 0.211. The quantitative estimate of drug-likeness (QED) is 0.584. The molecule has 0 spiro atoms. The molecule has 0 aliphatic carbocycles. The average molecular weight is 168 g/mol. The van der Waals surface area contributed by atoms with Gasteiger partial charge in [0.2, 0.25) is 0 Å². The zero-order chi connectivity index (χ0) is 9.14. The van der Waals surface area contributed by atoms with Crippen molar-refractivity contribution in [3.63, 3.8) is 0 Å². The molecule has 0 heterocycles. The second-order valence-corrected chi connectivity index (χ2v) is 3.01. The number of phenolic OH excluding ortho intramolecular Hbond substituents is 1. The number of aliphatic hydroxyl groups excluding tert-OH is 1. The van der Waals surface area contributed by atoms with E-state index in [4.69, 9.17) is 5.11 Å². The first kappa shape index (κ1) is 9.03. The van der Waals surface area contributed by atoms with E-state index >= 15 is 0 Å². The summed E-state index contributed by atoms with van der Waals surface area (Å²) >= 11 is 0. The van der Waals surface area contributed by atoms with Gasteiger partial charge in [0.25, 0.3) is 0 Å². The molecule has 0 bridgehead atoms. The summed E-state index contributed by atoms with van der Waals surface area (Å²) in [5.41, 5.74) is 4.51. The van der Waals surface area contributed by atoms with Crippen molar-refractivity contribution in [1.29, 1.82) is 0 Å². The summed E-state index contributed by atoms with van der Waals surface area (Å²) in [5, 5.41) is 18.5. The van der Waals surface area contributed by atoms with Crippen LogP contribution in [0.4, 0.5) is 0 Å². The van der Waals surface area contributed by atoms with Crippen molar-refractivity contribution in [1.82, 2.24) is 0 Å². The van der Waals surface area contributed by atoms with Crippen molar-refractivity contribution in [2.75, 3.05) is 0 Å². The van der Waals surface area contributed by atoms with Gasteiger partial charge in [-0.1, -0.05) is 12.1 Å². The maximum absolute atomic E-state index is 9.54. The van der Waals surface area contributed by atoms with Crippen LogP contribution in [-0.2, 0) is 0 Å². The molecule has 1 rings (SSSR count). The molecule has 0 saturated heterocycles. The van der Waals surface area contributed by atoms with Gasteiger partial charge in [-0.2, -0.15) is 0 Å². The topological polar surface area (TPSA) is 68.1 Å². The fourth-order valence-electron chi connectivity index (χ4n) is 1.00. The molecule has 0 aromatic heterocycles. The van der Waals surface area contributed by atoms with Gasteiger partial charge in [0.1, 0.15) is 17.9 Å². The van der Waals surface area contributed by atoms with Gasteiger partial charge >= 0.3 is 0 Å². The molecular weight excluding hydrogens is 154 g/mol. The zero-order valence-corrected chi connectivity index (χ0v) is 7.07. The monoisotopic (exact) mass is 168 g/mol. The molecule has 0 saturated carbocycles. The smallest absolute Gasteiger partial charge is 0.130 e. The molecule has 0 fully saturated rings. The van der Waals surface area contributed by atoms with Gasteiger partial charge in [-0.3, -0.25) is 0 Å². The predicted molar refractivity (Wildman–Crippen MR) is 45.4 cm³/mol. The van der Waals surface area contributed by atoms with Crippen molar-refractivity contribution in [3.05, 3.63) is 29.8 Å². The summed E-state index contributed by atoms with van der Waals surface area (Å²) in [7, 11) is 0. The van der Waals surface area contributed by atoms with E-state index in [9.17, 15) is 5.11 Å². The highest BCUT2D eigenvalue weighted by Gasteiger charge is 2.14. The first-order valence-electron chi connectivity index (χ1n) is 3.91. The minimum Gasteiger partial charge on any atom is -0.508 e. The van der Waals surface area contributed by atoms with Gasteiger partial charge in [-0.15, -0.1) is 0 Å². The lowest BCUT2D eigenvalue weighted by Crippen LogP contribution is -2.61. The summed E-state index contributed by atoms with van der Waals surface area (Å²) < 4.78 is 0. The van der Waals surface area contributed by atoms with Crippen LogP contribution in [0.15, 0.2) is 24.3 Å². The van der Waals surface area contributed by atoms with Gasteiger partial charge in [0.05, 0.1) is 0 Å². The van der Waals surface area contributed by atoms with E-state index in [0.29, 0.717) is 0 Å². The molecule has 1 aromatic carbocycles. The minimum atomic E-state index is -0.550. The Morgan fingerprint density at radius 2 is 1.75 bits per heavy atom. The maximum Gasteiger partial charge on any atom is 0.130 e. The summed E-state index contributed by atoms with van der Waals surface area (Å²) in [6.07, 6.45) is -0.550. The molecular formula is C9H14NO2+. The van der Waals surface area contributed by atoms with Crippen LogP contribution in [0.25, 0.3) is 0 Å². The average Bonchev–Trinajstić information content (AvgIpc) is 2.04. The van der Waals surface area contributed by atoms with Crippen LogP contribution in [0, 0.1) is 0 Å². The second-order valence-electron chi connectivity index (χ2n) is 3.01. The van der Waals surface area contributed by atoms with E-state index in [1.807, 2.05) is 6.92 Å². The lowest BCUT2D eigenvalue weighted by Gasteiger charge is -2.11. The van der Waals surface area contributed by atoms with Crippen molar-refractivity contribution in [3.8, 4) is 5.75 Å². The third-order valence-corrected chi connectivity index (χ3v) is 1.77. The van der Waals surface area contributed by atoms with Crippen LogP contribution in [-0.4, -0.2) is 16.3 Å². The molecule has 5 N–H and O–H groups in total. The predicted octanol–water partition coefficient (Wildman–Crippen LogP) is 0.0560. The van der Waals surface area contributed by atoms with Crippen molar-refractivity contribution in [2.45, 2.75) is 19.1 Å². The molecule has 3 nitrogen and oxygen atoms in total. The van der Waals surface area contributed by atoms with Crippen molar-refractivity contribution >= 4 is 0 Å². The number of hydrogen-bond donors (Lipinski definition) is 3. The first-order chi connectivity index (χ1) is 5.61. The standard InChI is InChI=1S/C9H13NO2/c1-6(10)9(12)7-2-4-8(11)5-3-7/h2-6,9,11-12H,10H2,1H3/p+1/t6-,9+/m0/s1. The van der Waals surface area contributed by atoms with Crippen molar-refractivity contribution in [2.24, 2.45) is 0 Å². The van der Waals surface area contributed by atoms with Crippen LogP contribution >= 0.6 is 0 Å². The van der Waals surface area contributed by atoms with Crippen LogP contribution in [0.3, 0.4) is 0 Å². The third-order valence-electron chi connectivity index (χ3n) is 1.77. The summed E-state index contributed by atoms with van der Waals surface area (Å²) in [6, 6.07) is 6.46. The van der Waals surface area contributed by atoms with Crippen LogP contribution in [0.5, 0.6) is 5.75 Å². The second kappa shape index (κ2) is 3.56. The Hall–Kier alpha value is -1.06. The third kappa shape index (κ3) is 1.96. The molecule has 0 radical (unpaired) electrons. The molecule has 1 aromatic rings. The van der Waals surface area contributed by atoms with E-state index in [2.05, 4.69) is 5.73 Å². The van der Waals surface area contributed by atoms with Gasteiger partial charge in [-0.05, 0) is 24.6 Å². The zero-order valence-electron chi connectivity index (χ0n) is 7.07. The highest BCUT2D eigenvalue weighted by molar-refractivity contribution is 5.27. The molecule has 2 atom stereocenters. The van der Waals surface area contributed by atoms with E-state index in [-0.39, 0.29) is 11.8 Å². The van der Waals surface area contributed by atoms with Gasteiger partial charge in [-0.25, -0.2) is 0 Å². The number of aromatic hydroxyl groups is 1. The fourth-order valence-corrected chi connectivity index (χ4v) is 1.00. The van der Waals surface area contributed by atoms with Gasteiger partial charge in [0.15, 0.2) is 0 Å². The van der Waals surface area contributed by atoms with Crippen molar-refractivity contribution < 1.29 is 15.9 Å². The molecule has 0 unspecified atom stereocenters. The van der Waals surface area contributed by atoms with Crippen LogP contribution in [0.2, 0.25) is 0 Å². The Balaban J connectivity index is 2.82. The van der Waals surface area contributed by atoms with Gasteiger partial charge < -0.3 is 15.9 Å². The fraction of sp³-hybridized carbons (Fsp3) is 0.333. The highest BCUT2D eigenvalue weighted by atomic mass is 16.3. The lowest BCUT2D eigenvalue weighted by molar-refractivity contribution is -0.433. The normalized spacial score (nSPS) is 15.6. The molecule has 66 valence electrons. The molecule has 12 heavy (non-hydrogen) atoms. The Morgan fingerprint density at radius 3 is 2.17 bits per heavy atom. The SMILES string of the molecule is C[C@H]([NH3+])[C@@H](O)c1ccc(O)cc1. The number of quaternary nitrogens is 1. The van der Waals surface area contributed by atoms with E-state index in [1.165, 1.54) is 0 Å². The molecule has 3 heteroatoms. The maximum atomic E-state index is 9.54. The molecule has 0 aliphatic heterocycles. The van der Waals surface area contributed by atoms with E-state index in [0.717, 1.165) is 5.56 Å². The van der Waals surface area contributed by atoms with E-state index in [1.54, 1.807) is 24.3 Å². The number of benzene rings is 1. The highest BCUT2D eigenvalue weighted by Crippen LogP contribution is 2.17. The first-order valence-corrected chi connectivity index (χ1v) is 3.91. The van der Waals surface area contributed by atoms with Crippen LogP contribution in [0.1, 0.15) is 18.6 Å². The number of aliphatic hydroxyl groups is 1. The molecule has 0 aliphatic rings. The Labute approximate surface area is 71.5 Å². The Morgan fingerprint density at radius 1 is 1.25 bits per heavy atom. The lowest BCUT2D eigenvalue weighted by atomic mass is 10.0. The Bertz CT molecular complexity index is 243. The summed E-state index contributed by atoms with van der Waals surface area (Å²) in [4.78, 5) is 0. The van der Waals surface area contributed by atoms with E-state index < -0.39 is 6.10 Å². The van der Waals surface area contributed by atoms with Crippen LogP contribution < -0.4 is 5.73 Å². The van der Waals surface area contributed by atoms with Gasteiger partial charge in [0, 0.05) is 0 Å².